The van der Waals surface area contributed by atoms with E-state index in [1.807, 2.05) is 25.1 Å². The molecule has 0 amide bonds. The zero-order valence-corrected chi connectivity index (χ0v) is 12.5. The molecule has 0 fully saturated rings. The molecule has 0 radical (unpaired) electrons. The van der Waals surface area contributed by atoms with E-state index in [1.54, 1.807) is 18.3 Å². The van der Waals surface area contributed by atoms with Gasteiger partial charge in [0, 0.05) is 54.8 Å². The molecule has 0 unspecified atom stereocenters. The van der Waals surface area contributed by atoms with Crippen LogP contribution in [0.3, 0.4) is 0 Å². The zero-order valence-electron chi connectivity index (χ0n) is 12.5. The molecule has 0 bridgehead atoms. The maximum atomic E-state index is 10.9. The highest BCUT2D eigenvalue weighted by Crippen LogP contribution is 2.23. The van der Waals surface area contributed by atoms with Gasteiger partial charge in [-0.15, -0.1) is 0 Å². The normalized spacial score (nSPS) is 10.4. The van der Waals surface area contributed by atoms with Crippen molar-refractivity contribution in [2.45, 2.75) is 20.0 Å². The second-order valence-electron chi connectivity index (χ2n) is 4.73. The summed E-state index contributed by atoms with van der Waals surface area (Å²) in [6.45, 7) is 3.51. The van der Waals surface area contributed by atoms with Crippen molar-refractivity contribution in [2.75, 3.05) is 18.5 Å². The summed E-state index contributed by atoms with van der Waals surface area (Å²) in [5.41, 5.74) is 2.72. The van der Waals surface area contributed by atoms with E-state index in [-0.39, 0.29) is 5.69 Å². The van der Waals surface area contributed by atoms with Crippen molar-refractivity contribution in [3.63, 3.8) is 0 Å². The number of non-ortho nitro benzene ring substituents is 1. The van der Waals surface area contributed by atoms with Gasteiger partial charge in [-0.3, -0.25) is 15.1 Å². The van der Waals surface area contributed by atoms with Gasteiger partial charge in [0.25, 0.3) is 5.69 Å². The van der Waals surface area contributed by atoms with Crippen molar-refractivity contribution in [1.29, 1.82) is 0 Å². The Kier molecular flexibility index (Phi) is 5.85. The lowest BCUT2D eigenvalue weighted by molar-refractivity contribution is -0.384. The van der Waals surface area contributed by atoms with Crippen molar-refractivity contribution < 1.29 is 9.66 Å². The first kappa shape index (κ1) is 15.9. The van der Waals surface area contributed by atoms with Crippen molar-refractivity contribution in [3.8, 4) is 0 Å². The number of nitrogens with zero attached hydrogens (tertiary/aromatic N) is 2. The van der Waals surface area contributed by atoms with Gasteiger partial charge in [0.15, 0.2) is 0 Å². The third kappa shape index (κ3) is 4.53. The highest BCUT2D eigenvalue weighted by Gasteiger charge is 2.10. The van der Waals surface area contributed by atoms with Gasteiger partial charge in [0.2, 0.25) is 0 Å². The molecular formula is C16H19N3O3. The summed E-state index contributed by atoms with van der Waals surface area (Å²) in [6, 6.07) is 10.6. The predicted molar refractivity (Wildman–Crippen MR) is 84.9 cm³/mol. The van der Waals surface area contributed by atoms with Crippen LogP contribution in [0.2, 0.25) is 0 Å². The smallest absolute Gasteiger partial charge is 0.269 e. The van der Waals surface area contributed by atoms with Crippen LogP contribution in [0.25, 0.3) is 0 Å². The average Bonchev–Trinajstić information content (AvgIpc) is 2.54. The average molecular weight is 301 g/mol. The van der Waals surface area contributed by atoms with Crippen molar-refractivity contribution >= 4 is 11.4 Å². The van der Waals surface area contributed by atoms with Crippen molar-refractivity contribution in [2.24, 2.45) is 0 Å². The largest absolute Gasteiger partial charge is 0.384 e. The van der Waals surface area contributed by atoms with E-state index in [1.165, 1.54) is 6.07 Å². The van der Waals surface area contributed by atoms with Gasteiger partial charge in [-0.05, 0) is 25.1 Å². The molecule has 1 heterocycles. The summed E-state index contributed by atoms with van der Waals surface area (Å²) in [5, 5.41) is 14.2. The summed E-state index contributed by atoms with van der Waals surface area (Å²) < 4.78 is 5.38. The molecule has 116 valence electrons. The standard InChI is InChI=1S/C16H19N3O3/c1-2-22-12-13-11-15(19(20)21)6-7-16(13)18-10-8-14-5-3-4-9-17-14/h3-7,9,11,18H,2,8,10,12H2,1H3. The molecule has 1 N–H and O–H groups in total. The van der Waals surface area contributed by atoms with E-state index in [0.717, 1.165) is 23.4 Å². The van der Waals surface area contributed by atoms with Crippen LogP contribution in [0.5, 0.6) is 0 Å². The number of pyridine rings is 1. The summed E-state index contributed by atoms with van der Waals surface area (Å²) in [5.74, 6) is 0. The second kappa shape index (κ2) is 8.09. The Morgan fingerprint density at radius 3 is 2.86 bits per heavy atom. The number of ether oxygens (including phenoxy) is 1. The Morgan fingerprint density at radius 1 is 1.32 bits per heavy atom. The first-order valence-corrected chi connectivity index (χ1v) is 7.19. The third-order valence-corrected chi connectivity index (χ3v) is 3.18. The molecule has 1 aromatic carbocycles. The lowest BCUT2D eigenvalue weighted by Gasteiger charge is -2.12. The second-order valence-corrected chi connectivity index (χ2v) is 4.73. The molecule has 0 aliphatic carbocycles. The minimum Gasteiger partial charge on any atom is -0.384 e. The molecule has 6 heteroatoms. The fourth-order valence-electron chi connectivity index (χ4n) is 2.07. The Balaban J connectivity index is 2.03. The lowest BCUT2D eigenvalue weighted by atomic mass is 10.1. The summed E-state index contributed by atoms with van der Waals surface area (Å²) in [4.78, 5) is 14.7. The number of nitro groups is 1. The maximum Gasteiger partial charge on any atom is 0.269 e. The molecule has 0 saturated carbocycles. The van der Waals surface area contributed by atoms with Crippen LogP contribution in [0, 0.1) is 10.1 Å². The van der Waals surface area contributed by atoms with E-state index >= 15 is 0 Å². The SMILES string of the molecule is CCOCc1cc([N+](=O)[O-])ccc1NCCc1ccccn1. The van der Waals surface area contributed by atoms with Crippen LogP contribution in [-0.4, -0.2) is 23.1 Å². The molecule has 0 aliphatic heterocycles. The monoisotopic (exact) mass is 301 g/mol. The quantitative estimate of drug-likeness (QED) is 0.598. The minimum absolute atomic E-state index is 0.0741. The van der Waals surface area contributed by atoms with E-state index in [4.69, 9.17) is 4.74 Å². The van der Waals surface area contributed by atoms with Crippen molar-refractivity contribution in [1.82, 2.24) is 4.98 Å². The third-order valence-electron chi connectivity index (χ3n) is 3.18. The fourth-order valence-corrected chi connectivity index (χ4v) is 2.07. The number of aromatic nitrogens is 1. The number of nitro benzene ring substituents is 1. The Labute approximate surface area is 129 Å². The fraction of sp³-hybridized carbons (Fsp3) is 0.312. The van der Waals surface area contributed by atoms with Gasteiger partial charge >= 0.3 is 0 Å². The molecule has 0 atom stereocenters. The molecule has 0 spiro atoms. The molecule has 22 heavy (non-hydrogen) atoms. The molecule has 0 saturated heterocycles. The number of hydrogen-bond acceptors (Lipinski definition) is 5. The Hall–Kier alpha value is -2.47. The molecular weight excluding hydrogens is 282 g/mol. The van der Waals surface area contributed by atoms with Gasteiger partial charge in [-0.1, -0.05) is 6.07 Å². The molecule has 6 nitrogen and oxygen atoms in total. The summed E-state index contributed by atoms with van der Waals surface area (Å²) in [7, 11) is 0. The number of nitrogens with one attached hydrogen (secondary N) is 1. The van der Waals surface area contributed by atoms with Crippen molar-refractivity contribution in [3.05, 3.63) is 64.0 Å². The highest BCUT2D eigenvalue weighted by molar-refractivity contribution is 5.55. The Morgan fingerprint density at radius 2 is 2.18 bits per heavy atom. The van der Waals surface area contributed by atoms with Crippen LogP contribution in [0.4, 0.5) is 11.4 Å². The van der Waals surface area contributed by atoms with Crippen LogP contribution in [-0.2, 0) is 17.8 Å². The van der Waals surface area contributed by atoms with Crippen LogP contribution in [0.1, 0.15) is 18.2 Å². The number of rotatable bonds is 8. The van der Waals surface area contributed by atoms with E-state index < -0.39 is 4.92 Å². The molecule has 2 aromatic rings. The zero-order chi connectivity index (χ0) is 15.8. The van der Waals surface area contributed by atoms with Crippen LogP contribution in [0.15, 0.2) is 42.6 Å². The summed E-state index contributed by atoms with van der Waals surface area (Å²) in [6.07, 6.45) is 2.55. The molecule has 1 aromatic heterocycles. The molecule has 0 aliphatic rings. The first-order valence-electron chi connectivity index (χ1n) is 7.19. The van der Waals surface area contributed by atoms with E-state index in [9.17, 15) is 10.1 Å². The van der Waals surface area contributed by atoms with Gasteiger partial charge < -0.3 is 10.1 Å². The number of benzene rings is 1. The van der Waals surface area contributed by atoms with Gasteiger partial charge in [-0.25, -0.2) is 0 Å². The van der Waals surface area contributed by atoms with E-state index in [2.05, 4.69) is 10.3 Å². The van der Waals surface area contributed by atoms with Gasteiger partial charge in [0.1, 0.15) is 0 Å². The van der Waals surface area contributed by atoms with Crippen LogP contribution >= 0.6 is 0 Å². The molecule has 2 rings (SSSR count). The maximum absolute atomic E-state index is 10.9. The Bertz CT molecular complexity index is 617. The minimum atomic E-state index is -0.396. The van der Waals surface area contributed by atoms with Gasteiger partial charge in [0.05, 0.1) is 11.5 Å². The summed E-state index contributed by atoms with van der Waals surface area (Å²) >= 11 is 0. The van der Waals surface area contributed by atoms with E-state index in [0.29, 0.717) is 19.8 Å². The number of hydrogen-bond donors (Lipinski definition) is 1. The number of anilines is 1. The van der Waals surface area contributed by atoms with Crippen LogP contribution < -0.4 is 5.32 Å². The lowest BCUT2D eigenvalue weighted by Crippen LogP contribution is -2.08. The first-order chi connectivity index (χ1) is 10.7. The van der Waals surface area contributed by atoms with Gasteiger partial charge in [-0.2, -0.15) is 0 Å². The highest BCUT2D eigenvalue weighted by atomic mass is 16.6. The topological polar surface area (TPSA) is 77.3 Å². The predicted octanol–water partition coefficient (Wildman–Crippen LogP) is 3.18.